The average molecular weight is 218 g/mol. The highest BCUT2D eigenvalue weighted by molar-refractivity contribution is 6.08. The molecule has 1 heterocycles. The molecule has 4 nitrogen and oxygen atoms in total. The van der Waals surface area contributed by atoms with E-state index in [2.05, 4.69) is 8.77 Å². The number of carbonyl (C=O) groups excluding carboxylic acids is 1. The van der Waals surface area contributed by atoms with Crippen LogP contribution in [0.1, 0.15) is 23.2 Å². The zero-order valence-corrected chi connectivity index (χ0v) is 9.73. The SMILES string of the molecule is CCc1cccc2oc(C(=O)[O][AlH])nc12. The minimum atomic E-state index is -0.536. The molecule has 0 atom stereocenters. The van der Waals surface area contributed by atoms with Gasteiger partial charge in [-0.1, -0.05) is 19.1 Å². The van der Waals surface area contributed by atoms with E-state index in [-0.39, 0.29) is 5.89 Å². The quantitative estimate of drug-likeness (QED) is 0.714. The lowest BCUT2D eigenvalue weighted by molar-refractivity contribution is 0.0710. The van der Waals surface area contributed by atoms with Crippen molar-refractivity contribution in [2.24, 2.45) is 0 Å². The Balaban J connectivity index is 2.60. The number of carbonyl (C=O) groups is 1. The molecule has 75 valence electrons. The number of aryl methyl sites for hydroxylation is 1. The Morgan fingerprint density at radius 2 is 2.40 bits per heavy atom. The summed E-state index contributed by atoms with van der Waals surface area (Å²) in [5.41, 5.74) is 2.43. The summed E-state index contributed by atoms with van der Waals surface area (Å²) in [6.07, 6.45) is 0.853. The Labute approximate surface area is 95.0 Å². The number of benzene rings is 1. The molecule has 2 aromatic rings. The topological polar surface area (TPSA) is 52.3 Å². The van der Waals surface area contributed by atoms with Gasteiger partial charge in [-0.2, -0.15) is 0 Å². The minimum Gasteiger partial charge on any atom is -0.618 e. The van der Waals surface area contributed by atoms with Crippen LogP contribution < -0.4 is 0 Å². The molecular formula is C10H9AlNO3. The zero-order valence-electron chi connectivity index (χ0n) is 8.32. The molecule has 2 rings (SSSR count). The highest BCUT2D eigenvalue weighted by Gasteiger charge is 2.14. The molecule has 0 aliphatic carbocycles. The summed E-state index contributed by atoms with van der Waals surface area (Å²) < 4.78 is 9.85. The van der Waals surface area contributed by atoms with E-state index < -0.39 is 5.97 Å². The molecule has 0 saturated heterocycles. The second-order valence-corrected chi connectivity index (χ2v) is 3.36. The second-order valence-electron chi connectivity index (χ2n) is 3.07. The lowest BCUT2D eigenvalue weighted by Gasteiger charge is -1.93. The van der Waals surface area contributed by atoms with E-state index in [1.807, 2.05) is 19.1 Å². The molecule has 0 bridgehead atoms. The van der Waals surface area contributed by atoms with Crippen LogP contribution in [0.2, 0.25) is 0 Å². The smallest absolute Gasteiger partial charge is 0.497 e. The van der Waals surface area contributed by atoms with E-state index in [4.69, 9.17) is 4.42 Å². The van der Waals surface area contributed by atoms with Crippen molar-refractivity contribution in [1.82, 2.24) is 4.98 Å². The van der Waals surface area contributed by atoms with Crippen molar-refractivity contribution in [3.8, 4) is 0 Å². The highest BCUT2D eigenvalue weighted by Crippen LogP contribution is 2.20. The summed E-state index contributed by atoms with van der Waals surface area (Å²) >= 11 is 1.11. The molecule has 5 heteroatoms. The molecule has 0 unspecified atom stereocenters. The van der Waals surface area contributed by atoms with Crippen molar-refractivity contribution in [2.45, 2.75) is 13.3 Å². The maximum atomic E-state index is 11.2. The summed E-state index contributed by atoms with van der Waals surface area (Å²) in [6.45, 7) is 2.03. The third kappa shape index (κ3) is 1.76. The summed E-state index contributed by atoms with van der Waals surface area (Å²) in [4.78, 5) is 15.3. The van der Waals surface area contributed by atoms with Crippen molar-refractivity contribution >= 4 is 33.7 Å². The van der Waals surface area contributed by atoms with Crippen molar-refractivity contribution in [3.05, 3.63) is 29.7 Å². The van der Waals surface area contributed by atoms with Crippen molar-refractivity contribution in [3.63, 3.8) is 0 Å². The lowest BCUT2D eigenvalue weighted by atomic mass is 10.1. The van der Waals surface area contributed by atoms with E-state index in [9.17, 15) is 4.79 Å². The Bertz CT molecular complexity index is 506. The van der Waals surface area contributed by atoms with Gasteiger partial charge in [-0.15, -0.1) is 0 Å². The van der Waals surface area contributed by atoms with E-state index in [1.54, 1.807) is 6.07 Å². The van der Waals surface area contributed by atoms with Crippen LogP contribution in [0.15, 0.2) is 22.6 Å². The van der Waals surface area contributed by atoms with Crippen LogP contribution in [-0.4, -0.2) is 27.6 Å². The fraction of sp³-hybridized carbons (Fsp3) is 0.200. The Morgan fingerprint density at radius 3 is 3.07 bits per heavy atom. The number of hydrogen-bond donors (Lipinski definition) is 0. The summed E-state index contributed by atoms with van der Waals surface area (Å²) in [5, 5.41) is 0. The summed E-state index contributed by atoms with van der Waals surface area (Å²) in [7, 11) is 0. The van der Waals surface area contributed by atoms with Gasteiger partial charge in [0.05, 0.1) is 0 Å². The third-order valence-electron chi connectivity index (χ3n) is 2.19. The molecule has 0 saturated carbocycles. The second kappa shape index (κ2) is 4.05. The predicted molar refractivity (Wildman–Crippen MR) is 56.0 cm³/mol. The molecule has 1 radical (unpaired) electrons. The Hall–Kier alpha value is -1.31. The molecule has 1 aromatic heterocycles. The zero-order chi connectivity index (χ0) is 10.8. The first-order valence-corrected chi connectivity index (χ1v) is 5.18. The first-order valence-electron chi connectivity index (χ1n) is 4.61. The Kier molecular flexibility index (Phi) is 2.76. The highest BCUT2D eigenvalue weighted by atomic mass is 27.1. The average Bonchev–Trinajstić information content (AvgIpc) is 2.71. The maximum Gasteiger partial charge on any atom is 0.497 e. The monoisotopic (exact) mass is 218 g/mol. The molecule has 1 aromatic carbocycles. The van der Waals surface area contributed by atoms with Crippen LogP contribution in [-0.2, 0) is 10.2 Å². The number of fused-ring (bicyclic) bond motifs is 1. The number of nitrogens with zero attached hydrogens (tertiary/aromatic N) is 1. The standard InChI is InChI=1S/C10H9NO3.Al.H/c1-2-6-4-3-5-7-8(6)11-9(14-7)10(12)13;;/h3-5H,2H2,1H3,(H,12,13);;/q;+1;/p-1. The molecule has 15 heavy (non-hydrogen) atoms. The van der Waals surface area contributed by atoms with Gasteiger partial charge in [-0.3, -0.25) is 0 Å². The number of oxazole rings is 1. The van der Waals surface area contributed by atoms with Crippen LogP contribution in [0.25, 0.3) is 11.1 Å². The third-order valence-corrected chi connectivity index (χ3v) is 2.45. The fourth-order valence-electron chi connectivity index (χ4n) is 1.44. The van der Waals surface area contributed by atoms with Crippen molar-refractivity contribution < 1.29 is 13.0 Å². The van der Waals surface area contributed by atoms with Gasteiger partial charge in [0, 0.05) is 0 Å². The van der Waals surface area contributed by atoms with Gasteiger partial charge in [-0.25, -0.2) is 9.78 Å². The van der Waals surface area contributed by atoms with Gasteiger partial charge in [0.2, 0.25) is 0 Å². The van der Waals surface area contributed by atoms with Gasteiger partial charge < -0.3 is 8.21 Å². The fourth-order valence-corrected chi connectivity index (χ4v) is 1.56. The van der Waals surface area contributed by atoms with Gasteiger partial charge in [0.25, 0.3) is 0 Å². The van der Waals surface area contributed by atoms with Crippen LogP contribution >= 0.6 is 0 Å². The molecule has 0 aliphatic rings. The molecular weight excluding hydrogens is 209 g/mol. The number of para-hydroxylation sites is 1. The van der Waals surface area contributed by atoms with Crippen LogP contribution in [0.3, 0.4) is 0 Å². The van der Waals surface area contributed by atoms with Crippen molar-refractivity contribution in [1.29, 1.82) is 0 Å². The first kappa shape index (κ1) is 10.2. The van der Waals surface area contributed by atoms with Crippen LogP contribution in [0.4, 0.5) is 0 Å². The van der Waals surface area contributed by atoms with Gasteiger partial charge in [0.1, 0.15) is 5.52 Å². The van der Waals surface area contributed by atoms with E-state index in [0.29, 0.717) is 5.58 Å². The first-order chi connectivity index (χ1) is 7.26. The summed E-state index contributed by atoms with van der Waals surface area (Å²) in [5.74, 6) is -0.521. The van der Waals surface area contributed by atoms with Gasteiger partial charge in [0.15, 0.2) is 5.58 Å². The van der Waals surface area contributed by atoms with E-state index in [0.717, 1.165) is 34.1 Å². The molecule has 0 fully saturated rings. The van der Waals surface area contributed by atoms with E-state index >= 15 is 0 Å². The normalized spacial score (nSPS) is 10.5. The van der Waals surface area contributed by atoms with Gasteiger partial charge >= 0.3 is 28.5 Å². The van der Waals surface area contributed by atoms with Crippen LogP contribution in [0, 0.1) is 0 Å². The molecule has 0 N–H and O–H groups in total. The Morgan fingerprint density at radius 1 is 1.60 bits per heavy atom. The summed E-state index contributed by atoms with van der Waals surface area (Å²) in [6, 6.07) is 5.64. The number of aromatic nitrogens is 1. The van der Waals surface area contributed by atoms with Crippen molar-refractivity contribution in [2.75, 3.05) is 0 Å². The number of hydrogen-bond acceptors (Lipinski definition) is 4. The minimum absolute atomic E-state index is 0.0147. The molecule has 0 amide bonds. The predicted octanol–water partition coefficient (Wildman–Crippen LogP) is 1.36. The molecule has 0 aliphatic heterocycles. The largest absolute Gasteiger partial charge is 0.618 e. The van der Waals surface area contributed by atoms with Crippen LogP contribution in [0.5, 0.6) is 0 Å². The van der Waals surface area contributed by atoms with Gasteiger partial charge in [-0.05, 0) is 18.1 Å². The lowest BCUT2D eigenvalue weighted by Crippen LogP contribution is -2.01. The maximum absolute atomic E-state index is 11.2. The van der Waals surface area contributed by atoms with E-state index in [1.165, 1.54) is 0 Å². The molecule has 0 spiro atoms. The number of rotatable bonds is 2.